The minimum absolute atomic E-state index is 0.132. The Morgan fingerprint density at radius 2 is 1.82 bits per heavy atom. The molecule has 33 heavy (non-hydrogen) atoms. The first kappa shape index (κ1) is 21.4. The first-order chi connectivity index (χ1) is 16.1. The lowest BCUT2D eigenvalue weighted by Crippen LogP contribution is -2.48. The van der Waals surface area contributed by atoms with Gasteiger partial charge in [-0.05, 0) is 19.1 Å². The number of aryl methyl sites for hydroxylation is 1. The smallest absolute Gasteiger partial charge is 0.273 e. The number of carbonyl (C=O) groups excluding carboxylic acids is 1. The third-order valence-corrected chi connectivity index (χ3v) is 6.50. The van der Waals surface area contributed by atoms with Gasteiger partial charge in [-0.15, -0.1) is 11.3 Å². The predicted molar refractivity (Wildman–Crippen MR) is 123 cm³/mol. The molecule has 2 aromatic carbocycles. The van der Waals surface area contributed by atoms with Crippen LogP contribution >= 0.6 is 11.3 Å². The summed E-state index contributed by atoms with van der Waals surface area (Å²) >= 11 is 1.28. The zero-order chi connectivity index (χ0) is 22.8. The Morgan fingerprint density at radius 1 is 1.06 bits per heavy atom. The summed E-state index contributed by atoms with van der Waals surface area (Å²) in [6.45, 7) is 5.10. The van der Waals surface area contributed by atoms with Crippen molar-refractivity contribution in [3.8, 4) is 22.0 Å². The second-order valence-electron chi connectivity index (χ2n) is 7.96. The molecule has 0 saturated carbocycles. The Hall–Kier alpha value is -3.43. The van der Waals surface area contributed by atoms with Gasteiger partial charge in [0.15, 0.2) is 0 Å². The maximum Gasteiger partial charge on any atom is 0.273 e. The summed E-state index contributed by atoms with van der Waals surface area (Å²) in [7, 11) is 0. The Balaban J connectivity index is 1.17. The summed E-state index contributed by atoms with van der Waals surface area (Å²) in [5.41, 5.74) is 2.86. The van der Waals surface area contributed by atoms with Gasteiger partial charge in [0.2, 0.25) is 11.7 Å². The number of hydrogen-bond donors (Lipinski definition) is 0. The largest absolute Gasteiger partial charge is 0.338 e. The molecule has 0 bridgehead atoms. The van der Waals surface area contributed by atoms with Gasteiger partial charge in [-0.25, -0.2) is 9.37 Å². The van der Waals surface area contributed by atoms with E-state index in [2.05, 4.69) is 20.0 Å². The van der Waals surface area contributed by atoms with E-state index in [1.807, 2.05) is 31.2 Å². The fourth-order valence-electron chi connectivity index (χ4n) is 3.73. The van der Waals surface area contributed by atoms with Crippen molar-refractivity contribution in [2.45, 2.75) is 13.5 Å². The number of nitrogens with zero attached hydrogens (tertiary/aromatic N) is 5. The minimum atomic E-state index is -0.342. The van der Waals surface area contributed by atoms with Crippen LogP contribution in [0.3, 0.4) is 0 Å². The summed E-state index contributed by atoms with van der Waals surface area (Å²) in [5.74, 6) is 0.659. The van der Waals surface area contributed by atoms with E-state index in [1.165, 1.54) is 23.0 Å². The molecule has 1 fully saturated rings. The number of hydrogen-bond acceptors (Lipinski definition) is 7. The minimum Gasteiger partial charge on any atom is -0.338 e. The number of benzene rings is 2. The highest BCUT2D eigenvalue weighted by Gasteiger charge is 2.25. The number of thiazole rings is 1. The fourth-order valence-corrected chi connectivity index (χ4v) is 4.55. The van der Waals surface area contributed by atoms with Crippen molar-refractivity contribution in [2.24, 2.45) is 0 Å². The van der Waals surface area contributed by atoms with E-state index in [1.54, 1.807) is 28.5 Å². The molecular weight excluding hydrogens is 441 g/mol. The van der Waals surface area contributed by atoms with Gasteiger partial charge >= 0.3 is 0 Å². The molecule has 0 N–H and O–H groups in total. The van der Waals surface area contributed by atoms with Gasteiger partial charge < -0.3 is 9.42 Å². The van der Waals surface area contributed by atoms with Gasteiger partial charge in [-0.2, -0.15) is 4.98 Å². The van der Waals surface area contributed by atoms with Gasteiger partial charge in [0.25, 0.3) is 5.91 Å². The van der Waals surface area contributed by atoms with E-state index in [9.17, 15) is 9.18 Å². The van der Waals surface area contributed by atoms with Crippen LogP contribution in [0.25, 0.3) is 22.0 Å². The zero-order valence-corrected chi connectivity index (χ0v) is 18.9. The van der Waals surface area contributed by atoms with Gasteiger partial charge in [0.05, 0.1) is 6.54 Å². The zero-order valence-electron chi connectivity index (χ0n) is 18.1. The SMILES string of the molecule is Cc1ccc(-c2noc(CN3CCN(C(=O)c4csc(-c5ccccc5F)n4)CC3)n2)cc1. The molecule has 0 spiro atoms. The quantitative estimate of drug-likeness (QED) is 0.440. The highest BCUT2D eigenvalue weighted by atomic mass is 32.1. The lowest BCUT2D eigenvalue weighted by molar-refractivity contribution is 0.0610. The molecule has 3 heterocycles. The standard InChI is InChI=1S/C24H22FN5O2S/c1-16-6-8-17(9-7-16)22-27-21(32-28-22)14-29-10-12-30(13-11-29)24(31)20-15-33-23(26-20)18-4-2-3-5-19(18)25/h2-9,15H,10-14H2,1H3. The predicted octanol–water partition coefficient (Wildman–Crippen LogP) is 4.27. The Labute approximate surface area is 194 Å². The summed E-state index contributed by atoms with van der Waals surface area (Å²) in [6, 6.07) is 14.4. The Morgan fingerprint density at radius 3 is 2.58 bits per heavy atom. The number of amides is 1. The van der Waals surface area contributed by atoms with E-state index in [-0.39, 0.29) is 11.7 Å². The van der Waals surface area contributed by atoms with Crippen LogP contribution in [0.5, 0.6) is 0 Å². The average Bonchev–Trinajstić information content (AvgIpc) is 3.50. The molecule has 0 aliphatic carbocycles. The molecule has 0 radical (unpaired) electrons. The van der Waals surface area contributed by atoms with E-state index in [0.717, 1.165) is 5.56 Å². The Bertz CT molecular complexity index is 1260. The first-order valence-corrected chi connectivity index (χ1v) is 11.6. The number of rotatable bonds is 5. The van der Waals surface area contributed by atoms with Crippen LogP contribution in [0.1, 0.15) is 21.9 Å². The van der Waals surface area contributed by atoms with Crippen molar-refractivity contribution >= 4 is 17.2 Å². The lowest BCUT2D eigenvalue weighted by Gasteiger charge is -2.33. The van der Waals surface area contributed by atoms with Crippen molar-refractivity contribution in [1.29, 1.82) is 0 Å². The number of aromatic nitrogens is 3. The number of piperazine rings is 1. The second kappa shape index (κ2) is 9.21. The van der Waals surface area contributed by atoms with Crippen LogP contribution in [0.4, 0.5) is 4.39 Å². The molecule has 1 amide bonds. The van der Waals surface area contributed by atoms with Crippen LogP contribution < -0.4 is 0 Å². The summed E-state index contributed by atoms with van der Waals surface area (Å²) < 4.78 is 19.5. The van der Waals surface area contributed by atoms with Gasteiger partial charge in [-0.3, -0.25) is 9.69 Å². The molecule has 0 unspecified atom stereocenters. The second-order valence-corrected chi connectivity index (χ2v) is 8.82. The number of halogens is 1. The molecule has 168 valence electrons. The lowest BCUT2D eigenvalue weighted by atomic mass is 10.1. The van der Waals surface area contributed by atoms with Gasteiger partial charge in [0.1, 0.15) is 16.5 Å². The van der Waals surface area contributed by atoms with Crippen molar-refractivity contribution in [2.75, 3.05) is 26.2 Å². The molecule has 0 atom stereocenters. The topological polar surface area (TPSA) is 75.4 Å². The van der Waals surface area contributed by atoms with Gasteiger partial charge in [0, 0.05) is 42.7 Å². The normalized spacial score (nSPS) is 14.5. The fraction of sp³-hybridized carbons (Fsp3) is 0.250. The summed E-state index contributed by atoms with van der Waals surface area (Å²) in [5, 5.41) is 6.29. The van der Waals surface area contributed by atoms with Crippen molar-refractivity contribution in [3.05, 3.63) is 76.9 Å². The van der Waals surface area contributed by atoms with Crippen molar-refractivity contribution < 1.29 is 13.7 Å². The monoisotopic (exact) mass is 463 g/mol. The Kier molecular flexibility index (Phi) is 5.97. The first-order valence-electron chi connectivity index (χ1n) is 10.7. The van der Waals surface area contributed by atoms with E-state index in [4.69, 9.17) is 4.52 Å². The van der Waals surface area contributed by atoms with Gasteiger partial charge in [-0.1, -0.05) is 47.1 Å². The maximum atomic E-state index is 14.0. The molecule has 2 aromatic heterocycles. The molecule has 4 aromatic rings. The van der Waals surface area contributed by atoms with Crippen molar-refractivity contribution in [1.82, 2.24) is 24.9 Å². The molecule has 9 heteroatoms. The molecule has 7 nitrogen and oxygen atoms in total. The molecule has 1 saturated heterocycles. The van der Waals surface area contributed by atoms with Crippen LogP contribution in [-0.2, 0) is 6.54 Å². The van der Waals surface area contributed by atoms with E-state index >= 15 is 0 Å². The van der Waals surface area contributed by atoms with Crippen LogP contribution in [0.2, 0.25) is 0 Å². The van der Waals surface area contributed by atoms with E-state index in [0.29, 0.717) is 60.7 Å². The molecule has 5 rings (SSSR count). The average molecular weight is 464 g/mol. The van der Waals surface area contributed by atoms with E-state index < -0.39 is 0 Å². The molecule has 1 aliphatic rings. The van der Waals surface area contributed by atoms with Crippen LogP contribution in [0.15, 0.2) is 58.4 Å². The highest BCUT2D eigenvalue weighted by molar-refractivity contribution is 7.13. The van der Waals surface area contributed by atoms with Crippen molar-refractivity contribution in [3.63, 3.8) is 0 Å². The van der Waals surface area contributed by atoms with Crippen LogP contribution in [0, 0.1) is 12.7 Å². The third kappa shape index (κ3) is 4.69. The summed E-state index contributed by atoms with van der Waals surface area (Å²) in [6.07, 6.45) is 0. The summed E-state index contributed by atoms with van der Waals surface area (Å²) in [4.78, 5) is 25.7. The molecule has 1 aliphatic heterocycles. The third-order valence-electron chi connectivity index (χ3n) is 5.62. The number of carbonyl (C=O) groups is 1. The highest BCUT2D eigenvalue weighted by Crippen LogP contribution is 2.27. The maximum absolute atomic E-state index is 14.0. The molecular formula is C24H22FN5O2S. The van der Waals surface area contributed by atoms with Crippen LogP contribution in [-0.4, -0.2) is 57.0 Å².